The highest BCUT2D eigenvalue weighted by Crippen LogP contribution is 2.27. The topological polar surface area (TPSA) is 77.1 Å². The van der Waals surface area contributed by atoms with E-state index in [1.54, 1.807) is 0 Å². The Kier molecular flexibility index (Phi) is 5.37. The molecule has 0 spiro atoms. The summed E-state index contributed by atoms with van der Waals surface area (Å²) in [6.07, 6.45) is -5.98. The summed E-state index contributed by atoms with van der Waals surface area (Å²) in [7, 11) is 0. The lowest BCUT2D eigenvalue weighted by atomic mass is 10.3. The van der Waals surface area contributed by atoms with E-state index < -0.39 is 36.5 Å². The number of carbonyl (C=O) groups is 1. The molecule has 7 nitrogen and oxygen atoms in total. The van der Waals surface area contributed by atoms with Crippen LogP contribution in [0.2, 0.25) is 0 Å². The Balaban J connectivity index is 1.93. The van der Waals surface area contributed by atoms with Crippen LogP contribution >= 0.6 is 0 Å². The minimum atomic E-state index is -4.63. The van der Waals surface area contributed by atoms with Gasteiger partial charge in [-0.3, -0.25) is 14.2 Å². The molecule has 0 bridgehead atoms. The van der Waals surface area contributed by atoms with Crippen LogP contribution in [0, 0.1) is 0 Å². The third-order valence-electron chi connectivity index (χ3n) is 3.05. The van der Waals surface area contributed by atoms with Gasteiger partial charge < -0.3 is 0 Å². The number of hydrazone groups is 1. The Hall–Kier alpha value is -2.86. The molecule has 0 aromatic carbocycles. The number of alkyl halides is 6. The second kappa shape index (κ2) is 7.17. The predicted octanol–water partition coefficient (Wildman–Crippen LogP) is 2.37. The van der Waals surface area contributed by atoms with E-state index in [0.717, 1.165) is 29.4 Å². The molecule has 0 saturated carbocycles. The Bertz CT molecular complexity index is 790. The molecule has 2 aromatic rings. The van der Waals surface area contributed by atoms with Crippen molar-refractivity contribution < 1.29 is 31.1 Å². The highest BCUT2D eigenvalue weighted by Gasteiger charge is 2.34. The van der Waals surface area contributed by atoms with E-state index in [2.05, 4.69) is 20.7 Å². The Morgan fingerprint density at radius 2 is 1.92 bits per heavy atom. The largest absolute Gasteiger partial charge is 0.435 e. The second-order valence-electron chi connectivity index (χ2n) is 5.14. The molecule has 1 N–H and O–H groups in total. The van der Waals surface area contributed by atoms with E-state index in [1.165, 1.54) is 13.0 Å². The van der Waals surface area contributed by atoms with Crippen LogP contribution in [0.15, 0.2) is 29.6 Å². The molecule has 0 saturated heterocycles. The number of halogens is 6. The van der Waals surface area contributed by atoms with Crippen molar-refractivity contribution in [1.82, 2.24) is 25.0 Å². The molecule has 1 atom stereocenters. The molecule has 0 aliphatic rings. The molecule has 1 unspecified atom stereocenters. The second-order valence-corrected chi connectivity index (χ2v) is 5.14. The Morgan fingerprint density at radius 1 is 1.23 bits per heavy atom. The van der Waals surface area contributed by atoms with Gasteiger partial charge in [-0.2, -0.15) is 41.6 Å². The summed E-state index contributed by atoms with van der Waals surface area (Å²) >= 11 is 0. The number of hydrogen-bond donors (Lipinski definition) is 1. The lowest BCUT2D eigenvalue weighted by molar-refractivity contribution is -0.143. The fraction of sp³-hybridized carbons (Fsp3) is 0.385. The quantitative estimate of drug-likeness (QED) is 0.490. The van der Waals surface area contributed by atoms with Gasteiger partial charge in [0.25, 0.3) is 5.91 Å². The summed E-state index contributed by atoms with van der Waals surface area (Å²) in [4.78, 5) is 11.8. The van der Waals surface area contributed by atoms with E-state index in [1.807, 2.05) is 0 Å². The van der Waals surface area contributed by atoms with Crippen LogP contribution in [-0.4, -0.2) is 37.9 Å². The average Bonchev–Trinajstić information content (AvgIpc) is 3.13. The highest BCUT2D eigenvalue weighted by molar-refractivity contribution is 5.82. The van der Waals surface area contributed by atoms with Gasteiger partial charge in [0.05, 0.1) is 6.21 Å². The molecule has 26 heavy (non-hydrogen) atoms. The van der Waals surface area contributed by atoms with E-state index in [9.17, 15) is 31.1 Å². The molecular formula is C13H12F6N6O. The summed E-state index contributed by atoms with van der Waals surface area (Å²) in [5.41, 5.74) is 0.965. The molecule has 1 amide bonds. The maximum atomic E-state index is 12.5. The molecule has 2 rings (SSSR count). The van der Waals surface area contributed by atoms with E-state index in [4.69, 9.17) is 0 Å². The third-order valence-corrected chi connectivity index (χ3v) is 3.05. The van der Waals surface area contributed by atoms with Gasteiger partial charge in [0, 0.05) is 12.4 Å². The van der Waals surface area contributed by atoms with Crippen molar-refractivity contribution in [3.05, 3.63) is 35.9 Å². The SMILES string of the molecule is CC(C(=O)N/N=C/c1ccn(CC(F)(F)F)n1)n1ccc(C(F)(F)F)n1. The van der Waals surface area contributed by atoms with Crippen molar-refractivity contribution in [2.75, 3.05) is 0 Å². The number of rotatable bonds is 5. The van der Waals surface area contributed by atoms with E-state index in [0.29, 0.717) is 4.68 Å². The summed E-state index contributed by atoms with van der Waals surface area (Å²) in [6, 6.07) is 0.875. The lowest BCUT2D eigenvalue weighted by Gasteiger charge is -2.10. The van der Waals surface area contributed by atoms with Crippen LogP contribution in [0.25, 0.3) is 0 Å². The summed E-state index contributed by atoms with van der Waals surface area (Å²) in [5.74, 6) is -0.771. The molecule has 0 radical (unpaired) electrons. The van der Waals surface area contributed by atoms with Gasteiger partial charge in [0.2, 0.25) is 0 Å². The monoisotopic (exact) mass is 382 g/mol. The van der Waals surface area contributed by atoms with Crippen LogP contribution in [0.5, 0.6) is 0 Å². The van der Waals surface area contributed by atoms with Crippen molar-refractivity contribution in [3.8, 4) is 0 Å². The van der Waals surface area contributed by atoms with Crippen molar-refractivity contribution in [1.29, 1.82) is 0 Å². The van der Waals surface area contributed by atoms with Crippen LogP contribution < -0.4 is 5.43 Å². The molecule has 0 aliphatic carbocycles. The van der Waals surface area contributed by atoms with Crippen LogP contribution in [0.1, 0.15) is 24.4 Å². The average molecular weight is 382 g/mol. The van der Waals surface area contributed by atoms with Gasteiger partial charge in [0.15, 0.2) is 5.69 Å². The first kappa shape index (κ1) is 19.5. The molecule has 0 fully saturated rings. The Labute approximate surface area is 142 Å². The number of nitrogens with zero attached hydrogens (tertiary/aromatic N) is 5. The van der Waals surface area contributed by atoms with E-state index >= 15 is 0 Å². The molecule has 0 aliphatic heterocycles. The van der Waals surface area contributed by atoms with Crippen molar-refractivity contribution in [2.24, 2.45) is 5.10 Å². The van der Waals surface area contributed by atoms with E-state index in [-0.39, 0.29) is 5.69 Å². The first-order valence-electron chi connectivity index (χ1n) is 7.01. The maximum absolute atomic E-state index is 12.5. The Morgan fingerprint density at radius 3 is 2.50 bits per heavy atom. The number of nitrogens with one attached hydrogen (secondary N) is 1. The maximum Gasteiger partial charge on any atom is 0.435 e. The summed E-state index contributed by atoms with van der Waals surface area (Å²) in [6.45, 7) is 0.0289. The van der Waals surface area contributed by atoms with Gasteiger partial charge in [-0.25, -0.2) is 5.43 Å². The molecule has 13 heteroatoms. The highest BCUT2D eigenvalue weighted by atomic mass is 19.4. The van der Waals surface area contributed by atoms with Crippen LogP contribution in [0.4, 0.5) is 26.3 Å². The smallest absolute Gasteiger partial charge is 0.271 e. The zero-order valence-electron chi connectivity index (χ0n) is 13.1. The van der Waals surface area contributed by atoms with Crippen LogP contribution in [-0.2, 0) is 17.5 Å². The fourth-order valence-corrected chi connectivity index (χ4v) is 1.80. The molecular weight excluding hydrogens is 370 g/mol. The van der Waals surface area contributed by atoms with Gasteiger partial charge >= 0.3 is 12.4 Å². The minimum Gasteiger partial charge on any atom is -0.271 e. The van der Waals surface area contributed by atoms with Gasteiger partial charge in [-0.05, 0) is 19.1 Å². The lowest BCUT2D eigenvalue weighted by Crippen LogP contribution is -2.28. The third kappa shape index (κ3) is 5.32. The van der Waals surface area contributed by atoms with Gasteiger partial charge in [-0.1, -0.05) is 0 Å². The summed E-state index contributed by atoms with van der Waals surface area (Å²) < 4.78 is 75.5. The van der Waals surface area contributed by atoms with Gasteiger partial charge in [-0.15, -0.1) is 0 Å². The number of carbonyl (C=O) groups excluding carboxylic acids is 1. The number of amides is 1. The van der Waals surface area contributed by atoms with Crippen molar-refractivity contribution in [2.45, 2.75) is 31.9 Å². The number of hydrogen-bond acceptors (Lipinski definition) is 4. The molecule has 2 aromatic heterocycles. The van der Waals surface area contributed by atoms with Crippen molar-refractivity contribution >= 4 is 12.1 Å². The van der Waals surface area contributed by atoms with Gasteiger partial charge in [0.1, 0.15) is 18.3 Å². The first-order chi connectivity index (χ1) is 12.0. The fourth-order valence-electron chi connectivity index (χ4n) is 1.80. The minimum absolute atomic E-state index is 0.0562. The standard InChI is InChI=1S/C13H12F6N6O/c1-8(25-5-3-10(23-25)13(17,18)19)11(26)21-20-6-9-2-4-24(22-9)7-12(14,15)16/h2-6,8H,7H2,1H3,(H,21,26)/b20-6+. The zero-order valence-corrected chi connectivity index (χ0v) is 13.1. The molecule has 142 valence electrons. The number of aromatic nitrogens is 4. The van der Waals surface area contributed by atoms with Crippen molar-refractivity contribution in [3.63, 3.8) is 0 Å². The summed E-state index contributed by atoms with van der Waals surface area (Å²) in [5, 5.41) is 10.4. The van der Waals surface area contributed by atoms with Crippen LogP contribution in [0.3, 0.4) is 0 Å². The predicted molar refractivity (Wildman–Crippen MR) is 76.0 cm³/mol. The first-order valence-corrected chi connectivity index (χ1v) is 7.01. The zero-order chi connectivity index (χ0) is 19.5. The normalized spacial score (nSPS) is 14.0. The molecule has 2 heterocycles.